The summed E-state index contributed by atoms with van der Waals surface area (Å²) in [6.45, 7) is 3.96. The summed E-state index contributed by atoms with van der Waals surface area (Å²) in [7, 11) is 0. The first kappa shape index (κ1) is 17.2. The number of nitrogens with one attached hydrogen (secondary N) is 1. The van der Waals surface area contributed by atoms with Gasteiger partial charge in [0.1, 0.15) is 5.75 Å². The van der Waals surface area contributed by atoms with Crippen molar-refractivity contribution in [2.75, 3.05) is 5.32 Å². The van der Waals surface area contributed by atoms with E-state index in [1.807, 2.05) is 68.4 Å². The molecule has 0 radical (unpaired) electrons. The Morgan fingerprint density at radius 3 is 2.52 bits per heavy atom. The van der Waals surface area contributed by atoms with Crippen LogP contribution in [0.2, 0.25) is 0 Å². The van der Waals surface area contributed by atoms with Crippen LogP contribution in [0.5, 0.6) is 5.75 Å². The number of carbonyl (C=O) groups is 1. The van der Waals surface area contributed by atoms with Crippen molar-refractivity contribution in [2.45, 2.75) is 13.8 Å². The number of nitrogens with zero attached hydrogens (tertiary/aromatic N) is 1. The summed E-state index contributed by atoms with van der Waals surface area (Å²) >= 11 is 1.42. The number of fused-ring (bicyclic) bond motifs is 1. The Labute approximate surface area is 161 Å². The van der Waals surface area contributed by atoms with Gasteiger partial charge in [0.05, 0.1) is 11.3 Å². The van der Waals surface area contributed by atoms with E-state index >= 15 is 0 Å². The van der Waals surface area contributed by atoms with E-state index in [2.05, 4.69) is 10.3 Å². The molecule has 4 aromatic rings. The highest BCUT2D eigenvalue weighted by molar-refractivity contribution is 7.16. The minimum Gasteiger partial charge on any atom is -0.506 e. The van der Waals surface area contributed by atoms with Crippen LogP contribution >= 0.6 is 11.3 Å². The number of rotatable bonds is 3. The van der Waals surface area contributed by atoms with Crippen molar-refractivity contribution in [3.05, 3.63) is 76.7 Å². The summed E-state index contributed by atoms with van der Waals surface area (Å²) in [5.41, 5.74) is 3.16. The number of phenols is 1. The lowest BCUT2D eigenvalue weighted by atomic mass is 10.0. The SMILES string of the molecule is Cc1sc(NC(=O)c2ccc3c(C)cccc3c2O)nc1-c1ccccc1. The van der Waals surface area contributed by atoms with Gasteiger partial charge >= 0.3 is 0 Å². The van der Waals surface area contributed by atoms with Crippen molar-refractivity contribution in [3.8, 4) is 17.0 Å². The second-order valence-electron chi connectivity index (χ2n) is 6.38. The zero-order valence-electron chi connectivity index (χ0n) is 15.0. The number of carbonyl (C=O) groups excluding carboxylic acids is 1. The summed E-state index contributed by atoms with van der Waals surface area (Å²) < 4.78 is 0. The van der Waals surface area contributed by atoms with Gasteiger partial charge in [-0.2, -0.15) is 0 Å². The zero-order valence-corrected chi connectivity index (χ0v) is 15.8. The van der Waals surface area contributed by atoms with Gasteiger partial charge in [-0.1, -0.05) is 54.6 Å². The molecule has 0 unspecified atom stereocenters. The molecule has 1 aromatic heterocycles. The van der Waals surface area contributed by atoms with E-state index < -0.39 is 0 Å². The maximum Gasteiger partial charge on any atom is 0.261 e. The van der Waals surface area contributed by atoms with E-state index in [4.69, 9.17) is 0 Å². The van der Waals surface area contributed by atoms with Gasteiger partial charge in [0, 0.05) is 15.8 Å². The number of thiazole rings is 1. The van der Waals surface area contributed by atoms with Crippen molar-refractivity contribution in [2.24, 2.45) is 0 Å². The molecule has 0 spiro atoms. The predicted molar refractivity (Wildman–Crippen MR) is 111 cm³/mol. The minimum absolute atomic E-state index is 0.00902. The van der Waals surface area contributed by atoms with Crippen LogP contribution in [0, 0.1) is 13.8 Å². The molecule has 0 aliphatic rings. The van der Waals surface area contributed by atoms with Gasteiger partial charge in [-0.05, 0) is 30.9 Å². The fourth-order valence-electron chi connectivity index (χ4n) is 3.16. The highest BCUT2D eigenvalue weighted by atomic mass is 32.1. The van der Waals surface area contributed by atoms with Gasteiger partial charge in [0.25, 0.3) is 5.91 Å². The molecule has 0 atom stereocenters. The van der Waals surface area contributed by atoms with Crippen LogP contribution in [0.4, 0.5) is 5.13 Å². The third-order valence-electron chi connectivity index (χ3n) is 4.56. The topological polar surface area (TPSA) is 62.2 Å². The standard InChI is InChI=1S/C22H18N2O2S/c1-13-7-6-10-17-16(13)11-12-18(20(17)25)21(26)24-22-23-19(14(2)27-22)15-8-4-3-5-9-15/h3-12,25H,1-2H3,(H,23,24,26). The first-order valence-corrected chi connectivity index (χ1v) is 9.42. The van der Waals surface area contributed by atoms with Crippen molar-refractivity contribution in [1.82, 2.24) is 4.98 Å². The van der Waals surface area contributed by atoms with Gasteiger partial charge in [-0.15, -0.1) is 11.3 Å². The van der Waals surface area contributed by atoms with Crippen LogP contribution in [0.25, 0.3) is 22.0 Å². The molecule has 0 aliphatic carbocycles. The van der Waals surface area contributed by atoms with E-state index in [0.29, 0.717) is 10.5 Å². The highest BCUT2D eigenvalue weighted by Gasteiger charge is 2.17. The number of aryl methyl sites for hydroxylation is 2. The predicted octanol–water partition coefficient (Wildman–Crippen LogP) is 5.54. The summed E-state index contributed by atoms with van der Waals surface area (Å²) in [5, 5.41) is 15.5. The summed E-state index contributed by atoms with van der Waals surface area (Å²) in [6.07, 6.45) is 0. The number of benzene rings is 3. The largest absolute Gasteiger partial charge is 0.506 e. The molecule has 4 nitrogen and oxygen atoms in total. The number of amides is 1. The Hall–Kier alpha value is -3.18. The summed E-state index contributed by atoms with van der Waals surface area (Å²) in [5.74, 6) is -0.380. The number of hydrogen-bond donors (Lipinski definition) is 2. The number of hydrogen-bond acceptors (Lipinski definition) is 4. The smallest absolute Gasteiger partial charge is 0.261 e. The van der Waals surface area contributed by atoms with Gasteiger partial charge in [0.2, 0.25) is 0 Å². The molecule has 0 fully saturated rings. The minimum atomic E-state index is -0.371. The molecular formula is C22H18N2O2S. The molecule has 1 heterocycles. The molecule has 4 rings (SSSR count). The van der Waals surface area contributed by atoms with Crippen molar-refractivity contribution in [3.63, 3.8) is 0 Å². The molecular weight excluding hydrogens is 356 g/mol. The number of aromatic hydroxyl groups is 1. The van der Waals surface area contributed by atoms with Gasteiger partial charge in [0.15, 0.2) is 5.13 Å². The Bertz CT molecular complexity index is 1150. The average molecular weight is 374 g/mol. The molecule has 5 heteroatoms. The summed E-state index contributed by atoms with van der Waals surface area (Å²) in [6, 6.07) is 19.0. The molecule has 0 bridgehead atoms. The third-order valence-corrected chi connectivity index (χ3v) is 5.45. The molecule has 1 amide bonds. The van der Waals surface area contributed by atoms with Crippen LogP contribution < -0.4 is 5.32 Å². The molecule has 3 aromatic carbocycles. The second-order valence-corrected chi connectivity index (χ2v) is 7.58. The molecule has 2 N–H and O–H groups in total. The number of anilines is 1. The average Bonchev–Trinajstić information content (AvgIpc) is 3.03. The normalized spacial score (nSPS) is 10.9. The highest BCUT2D eigenvalue weighted by Crippen LogP contribution is 2.33. The molecule has 0 saturated heterocycles. The first-order valence-electron chi connectivity index (χ1n) is 8.60. The maximum atomic E-state index is 12.7. The Kier molecular flexibility index (Phi) is 4.38. The second kappa shape index (κ2) is 6.85. The lowest BCUT2D eigenvalue weighted by Crippen LogP contribution is -2.12. The molecule has 0 saturated carbocycles. The number of aromatic nitrogens is 1. The van der Waals surface area contributed by atoms with E-state index in [1.54, 1.807) is 6.07 Å². The van der Waals surface area contributed by atoms with Crippen LogP contribution in [-0.4, -0.2) is 16.0 Å². The first-order chi connectivity index (χ1) is 13.0. The monoisotopic (exact) mass is 374 g/mol. The van der Waals surface area contributed by atoms with Crippen LogP contribution in [0.1, 0.15) is 20.8 Å². The quantitative estimate of drug-likeness (QED) is 0.495. The maximum absolute atomic E-state index is 12.7. The van der Waals surface area contributed by atoms with Gasteiger partial charge < -0.3 is 5.11 Å². The van der Waals surface area contributed by atoms with Gasteiger partial charge in [-0.25, -0.2) is 4.98 Å². The van der Waals surface area contributed by atoms with Crippen molar-refractivity contribution in [1.29, 1.82) is 0 Å². The molecule has 134 valence electrons. The van der Waals surface area contributed by atoms with Crippen molar-refractivity contribution < 1.29 is 9.90 Å². The van der Waals surface area contributed by atoms with Crippen LogP contribution in [-0.2, 0) is 0 Å². The van der Waals surface area contributed by atoms with E-state index in [-0.39, 0.29) is 17.2 Å². The lowest BCUT2D eigenvalue weighted by molar-refractivity contribution is 0.102. The Morgan fingerprint density at radius 2 is 1.74 bits per heavy atom. The van der Waals surface area contributed by atoms with E-state index in [9.17, 15) is 9.90 Å². The lowest BCUT2D eigenvalue weighted by Gasteiger charge is -2.09. The fourth-order valence-corrected chi connectivity index (χ4v) is 3.99. The third kappa shape index (κ3) is 3.17. The molecule has 0 aliphatic heterocycles. The summed E-state index contributed by atoms with van der Waals surface area (Å²) in [4.78, 5) is 18.3. The zero-order chi connectivity index (χ0) is 19.0. The Morgan fingerprint density at radius 1 is 0.963 bits per heavy atom. The van der Waals surface area contributed by atoms with Crippen molar-refractivity contribution >= 4 is 33.1 Å². The number of phenolic OH excluding ortho intramolecular Hbond substituents is 1. The van der Waals surface area contributed by atoms with Crippen LogP contribution in [0.15, 0.2) is 60.7 Å². The van der Waals surface area contributed by atoms with E-state index in [1.165, 1.54) is 11.3 Å². The van der Waals surface area contributed by atoms with Crippen LogP contribution in [0.3, 0.4) is 0 Å². The van der Waals surface area contributed by atoms with E-state index in [0.717, 1.165) is 27.1 Å². The molecule has 27 heavy (non-hydrogen) atoms. The Balaban J connectivity index is 1.65. The fraction of sp³-hybridized carbons (Fsp3) is 0.0909. The van der Waals surface area contributed by atoms with Gasteiger partial charge in [-0.3, -0.25) is 10.1 Å².